The van der Waals surface area contributed by atoms with Gasteiger partial charge in [0, 0.05) is 30.4 Å². The Morgan fingerprint density at radius 2 is 1.64 bits per heavy atom. The third kappa shape index (κ3) is 6.74. The Balaban J connectivity index is 1.58. The van der Waals surface area contributed by atoms with Crippen LogP contribution < -0.4 is 0 Å². The summed E-state index contributed by atoms with van der Waals surface area (Å²) in [4.78, 5) is 31.8. The maximum atomic E-state index is 14.5. The van der Waals surface area contributed by atoms with Crippen molar-refractivity contribution in [3.05, 3.63) is 106 Å². The summed E-state index contributed by atoms with van der Waals surface area (Å²) >= 11 is 6.32. The number of aliphatic hydroxyl groups is 1. The first-order valence-electron chi connectivity index (χ1n) is 15.6. The summed E-state index contributed by atoms with van der Waals surface area (Å²) in [7, 11) is 0. The minimum absolute atomic E-state index is 0.0924. The average molecular weight is 613 g/mol. The highest BCUT2D eigenvalue weighted by Crippen LogP contribution is 2.31. The first-order valence-corrected chi connectivity index (χ1v) is 16.0. The monoisotopic (exact) mass is 612 g/mol. The second kappa shape index (κ2) is 14.2. The Hall–Kier alpha value is -3.94. The zero-order valence-corrected chi connectivity index (χ0v) is 26.6. The normalized spacial score (nSPS) is 14.4. The molecule has 44 heavy (non-hydrogen) atoms. The standard InChI is InChI=1S/C36H41ClN4O3/c1-4-6-17-39(18-7-5-2)36(44)33-19-25(3)41(38-33)34-16-15-28(26-13-10-14-30(37)20-26)22-32(34)35(43)40-23-29-12-9-8-11-27(29)21-31(40)24-42/h8-16,19-20,22,31,42H,4-7,17-18,21,23-24H2,1-3H3/t31-/m0/s1. The quantitative estimate of drug-likeness (QED) is 0.196. The number of aryl methyl sites for hydroxylation is 1. The van der Waals surface area contributed by atoms with E-state index in [-0.39, 0.29) is 24.5 Å². The van der Waals surface area contributed by atoms with Crippen LogP contribution in [0, 0.1) is 6.92 Å². The zero-order valence-electron chi connectivity index (χ0n) is 25.8. The van der Waals surface area contributed by atoms with E-state index in [1.807, 2.05) is 72.5 Å². The van der Waals surface area contributed by atoms with Crippen LogP contribution in [0.15, 0.2) is 72.8 Å². The Bertz CT molecular complexity index is 1620. The number of carbonyl (C=O) groups is 2. The fourth-order valence-corrected chi connectivity index (χ4v) is 6.07. The van der Waals surface area contributed by atoms with Gasteiger partial charge in [0.2, 0.25) is 0 Å². The van der Waals surface area contributed by atoms with E-state index in [0.717, 1.165) is 53.6 Å². The lowest BCUT2D eigenvalue weighted by molar-refractivity contribution is 0.0544. The zero-order chi connectivity index (χ0) is 31.2. The number of carbonyl (C=O) groups excluding carboxylic acids is 2. The van der Waals surface area contributed by atoms with Crippen LogP contribution in [0.4, 0.5) is 0 Å². The number of fused-ring (bicyclic) bond motifs is 1. The van der Waals surface area contributed by atoms with Crippen molar-refractivity contribution in [2.75, 3.05) is 19.7 Å². The summed E-state index contributed by atoms with van der Waals surface area (Å²) in [5, 5.41) is 15.7. The van der Waals surface area contributed by atoms with Gasteiger partial charge in [-0.3, -0.25) is 9.59 Å². The van der Waals surface area contributed by atoms with Crippen LogP contribution in [-0.2, 0) is 13.0 Å². The van der Waals surface area contributed by atoms with Crippen molar-refractivity contribution in [2.45, 2.75) is 65.5 Å². The van der Waals surface area contributed by atoms with Crippen molar-refractivity contribution < 1.29 is 14.7 Å². The number of aromatic nitrogens is 2. The number of rotatable bonds is 11. The van der Waals surface area contributed by atoms with Crippen molar-refractivity contribution in [2.24, 2.45) is 0 Å². The number of unbranched alkanes of at least 4 members (excludes halogenated alkanes) is 2. The SMILES string of the molecule is CCCCN(CCCC)C(=O)c1cc(C)n(-c2ccc(-c3cccc(Cl)c3)cc2C(=O)N2Cc3ccccc3C[C@H]2CO)n1. The van der Waals surface area contributed by atoms with E-state index in [4.69, 9.17) is 16.7 Å². The Morgan fingerprint density at radius 3 is 2.32 bits per heavy atom. The van der Waals surface area contributed by atoms with Crippen molar-refractivity contribution in [1.29, 1.82) is 0 Å². The third-order valence-corrected chi connectivity index (χ3v) is 8.63. The molecule has 1 aromatic heterocycles. The number of nitrogens with zero attached hydrogens (tertiary/aromatic N) is 4. The number of aliphatic hydroxyl groups excluding tert-OH is 1. The Morgan fingerprint density at radius 1 is 0.932 bits per heavy atom. The van der Waals surface area contributed by atoms with Gasteiger partial charge in [-0.2, -0.15) is 5.10 Å². The van der Waals surface area contributed by atoms with Crippen molar-refractivity contribution in [1.82, 2.24) is 19.6 Å². The lowest BCUT2D eigenvalue weighted by atomic mass is 9.93. The molecule has 230 valence electrons. The minimum atomic E-state index is -0.360. The molecule has 2 amide bonds. The number of amides is 2. The van der Waals surface area contributed by atoms with Gasteiger partial charge in [-0.25, -0.2) is 4.68 Å². The molecule has 0 saturated carbocycles. The first-order chi connectivity index (χ1) is 21.3. The summed E-state index contributed by atoms with van der Waals surface area (Å²) in [5.74, 6) is -0.294. The average Bonchev–Trinajstić information content (AvgIpc) is 3.44. The van der Waals surface area contributed by atoms with Gasteiger partial charge in [0.1, 0.15) is 0 Å². The highest BCUT2D eigenvalue weighted by molar-refractivity contribution is 6.30. The van der Waals surface area contributed by atoms with Crippen molar-refractivity contribution >= 4 is 23.4 Å². The maximum absolute atomic E-state index is 14.5. The van der Waals surface area contributed by atoms with Gasteiger partial charge in [-0.15, -0.1) is 0 Å². The van der Waals surface area contributed by atoms with Gasteiger partial charge in [0.15, 0.2) is 5.69 Å². The van der Waals surface area contributed by atoms with Gasteiger partial charge in [0.05, 0.1) is 23.9 Å². The van der Waals surface area contributed by atoms with Gasteiger partial charge in [-0.1, -0.05) is 80.8 Å². The summed E-state index contributed by atoms with van der Waals surface area (Å²) in [6.45, 7) is 7.78. The molecule has 1 N–H and O–H groups in total. The fraction of sp³-hybridized carbons (Fsp3) is 0.361. The molecule has 5 rings (SSSR count). The van der Waals surface area contributed by atoms with Crippen LogP contribution in [0.5, 0.6) is 0 Å². The molecule has 0 bridgehead atoms. The lowest BCUT2D eigenvalue weighted by Crippen LogP contribution is -2.46. The van der Waals surface area contributed by atoms with Crippen LogP contribution in [-0.4, -0.2) is 62.2 Å². The summed E-state index contributed by atoms with van der Waals surface area (Å²) in [5.41, 5.74) is 6.09. The molecule has 1 atom stereocenters. The van der Waals surface area contributed by atoms with Gasteiger partial charge < -0.3 is 14.9 Å². The largest absolute Gasteiger partial charge is 0.394 e. The fourth-order valence-electron chi connectivity index (χ4n) is 5.88. The molecular formula is C36H41ClN4O3. The number of benzene rings is 3. The summed E-state index contributed by atoms with van der Waals surface area (Å²) in [6, 6.07) is 22.7. The van der Waals surface area contributed by atoms with E-state index >= 15 is 0 Å². The molecule has 0 fully saturated rings. The predicted molar refractivity (Wildman–Crippen MR) is 175 cm³/mol. The second-order valence-electron chi connectivity index (χ2n) is 11.6. The van der Waals surface area contributed by atoms with E-state index in [9.17, 15) is 14.7 Å². The molecule has 7 nitrogen and oxygen atoms in total. The molecule has 8 heteroatoms. The Labute approximate surface area is 265 Å². The van der Waals surface area contributed by atoms with Crippen LogP contribution in [0.3, 0.4) is 0 Å². The van der Waals surface area contributed by atoms with Crippen LogP contribution in [0.2, 0.25) is 5.02 Å². The molecule has 0 saturated heterocycles. The molecule has 0 aliphatic carbocycles. The van der Waals surface area contributed by atoms with Crippen LogP contribution >= 0.6 is 11.6 Å². The van der Waals surface area contributed by atoms with Crippen molar-refractivity contribution in [3.8, 4) is 16.8 Å². The third-order valence-electron chi connectivity index (χ3n) is 8.40. The van der Waals surface area contributed by atoms with E-state index in [1.54, 1.807) is 15.6 Å². The van der Waals surface area contributed by atoms with E-state index in [1.165, 1.54) is 0 Å². The molecule has 1 aliphatic rings. The van der Waals surface area contributed by atoms with E-state index < -0.39 is 0 Å². The van der Waals surface area contributed by atoms with Gasteiger partial charge in [0.25, 0.3) is 11.8 Å². The molecule has 0 radical (unpaired) electrons. The minimum Gasteiger partial charge on any atom is -0.394 e. The molecule has 3 aromatic carbocycles. The second-order valence-corrected chi connectivity index (χ2v) is 12.0. The number of hydrogen-bond acceptors (Lipinski definition) is 4. The maximum Gasteiger partial charge on any atom is 0.274 e. The molecule has 2 heterocycles. The highest BCUT2D eigenvalue weighted by atomic mass is 35.5. The van der Waals surface area contributed by atoms with Crippen LogP contribution in [0.25, 0.3) is 16.8 Å². The van der Waals surface area contributed by atoms with Gasteiger partial charge in [-0.05, 0) is 78.8 Å². The summed E-state index contributed by atoms with van der Waals surface area (Å²) < 4.78 is 1.70. The van der Waals surface area contributed by atoms with Crippen LogP contribution in [0.1, 0.15) is 77.2 Å². The highest BCUT2D eigenvalue weighted by Gasteiger charge is 2.32. The smallest absolute Gasteiger partial charge is 0.274 e. The topological polar surface area (TPSA) is 78.7 Å². The number of hydrogen-bond donors (Lipinski definition) is 1. The van der Waals surface area contributed by atoms with Crippen molar-refractivity contribution in [3.63, 3.8) is 0 Å². The van der Waals surface area contributed by atoms with E-state index in [2.05, 4.69) is 19.9 Å². The number of halogens is 1. The molecule has 0 spiro atoms. The molecule has 0 unspecified atom stereocenters. The van der Waals surface area contributed by atoms with E-state index in [0.29, 0.717) is 48.0 Å². The predicted octanol–water partition coefficient (Wildman–Crippen LogP) is 7.10. The van der Waals surface area contributed by atoms with Gasteiger partial charge >= 0.3 is 0 Å². The molecule has 1 aliphatic heterocycles. The lowest BCUT2D eigenvalue weighted by Gasteiger charge is -2.36. The molecular weight excluding hydrogens is 572 g/mol. The first kappa shape index (κ1) is 31.5. The summed E-state index contributed by atoms with van der Waals surface area (Å²) in [6.07, 6.45) is 4.45. The Kier molecular flexibility index (Phi) is 10.2. The molecule has 4 aromatic rings.